The van der Waals surface area contributed by atoms with E-state index in [4.69, 9.17) is 4.74 Å². The van der Waals surface area contributed by atoms with Crippen LogP contribution in [-0.2, 0) is 4.74 Å². The number of aliphatic hydroxyl groups excluding tert-OH is 1. The zero-order valence-electron chi connectivity index (χ0n) is 10.0. The molecule has 2 aliphatic heterocycles. The van der Waals surface area contributed by atoms with E-state index in [1.807, 2.05) is 0 Å². The number of β-amino-alcohol motifs (C(OH)–C–C–N with tert-alkyl or cyclic N) is 1. The molecule has 1 saturated carbocycles. The van der Waals surface area contributed by atoms with Gasteiger partial charge >= 0.3 is 0 Å². The largest absolute Gasteiger partial charge is 0.392 e. The minimum absolute atomic E-state index is 0.0955. The number of ether oxygens (including phenoxy) is 1. The van der Waals surface area contributed by atoms with Gasteiger partial charge in [0.25, 0.3) is 0 Å². The lowest BCUT2D eigenvalue weighted by Crippen LogP contribution is -2.33. The molecule has 3 heteroatoms. The minimum atomic E-state index is -0.0955. The second-order valence-electron chi connectivity index (χ2n) is 5.87. The molecule has 0 aromatic rings. The van der Waals surface area contributed by atoms with Gasteiger partial charge in [0.15, 0.2) is 0 Å². The van der Waals surface area contributed by atoms with Crippen LogP contribution in [0, 0.1) is 0 Å². The maximum Gasteiger partial charge on any atom is 0.0710 e. The van der Waals surface area contributed by atoms with E-state index in [1.165, 1.54) is 38.5 Å². The second-order valence-corrected chi connectivity index (χ2v) is 5.87. The molecule has 0 aromatic carbocycles. The second kappa shape index (κ2) is 4.28. The molecule has 0 bridgehead atoms. The first kappa shape index (κ1) is 11.0. The van der Waals surface area contributed by atoms with E-state index in [0.717, 1.165) is 26.1 Å². The number of hydrogen-bond acceptors (Lipinski definition) is 3. The number of rotatable bonds is 2. The molecule has 2 saturated heterocycles. The van der Waals surface area contributed by atoms with Crippen molar-refractivity contribution in [2.45, 2.75) is 62.8 Å². The van der Waals surface area contributed by atoms with Crippen LogP contribution >= 0.6 is 0 Å². The quantitative estimate of drug-likeness (QED) is 0.774. The zero-order valence-corrected chi connectivity index (χ0v) is 10.0. The van der Waals surface area contributed by atoms with Crippen molar-refractivity contribution < 1.29 is 9.84 Å². The molecule has 92 valence electrons. The first-order valence-corrected chi connectivity index (χ1v) is 6.84. The maximum absolute atomic E-state index is 9.50. The van der Waals surface area contributed by atoms with Gasteiger partial charge in [-0.15, -0.1) is 0 Å². The van der Waals surface area contributed by atoms with Gasteiger partial charge in [-0.1, -0.05) is 12.8 Å². The Morgan fingerprint density at radius 3 is 2.69 bits per heavy atom. The first-order valence-electron chi connectivity index (χ1n) is 6.84. The summed E-state index contributed by atoms with van der Waals surface area (Å²) in [5.41, 5.74) is 0.267. The fraction of sp³-hybridized carbons (Fsp3) is 1.00. The predicted molar refractivity (Wildman–Crippen MR) is 62.4 cm³/mol. The third-order valence-corrected chi connectivity index (χ3v) is 4.56. The van der Waals surface area contributed by atoms with Gasteiger partial charge in [0, 0.05) is 19.6 Å². The summed E-state index contributed by atoms with van der Waals surface area (Å²) in [6.07, 6.45) is 9.06. The topological polar surface area (TPSA) is 32.7 Å². The van der Waals surface area contributed by atoms with E-state index < -0.39 is 0 Å². The van der Waals surface area contributed by atoms with Gasteiger partial charge in [-0.3, -0.25) is 4.90 Å². The van der Waals surface area contributed by atoms with E-state index in [-0.39, 0.29) is 11.7 Å². The van der Waals surface area contributed by atoms with E-state index in [2.05, 4.69) is 4.90 Å². The number of nitrogens with zero attached hydrogens (tertiary/aromatic N) is 1. The van der Waals surface area contributed by atoms with Gasteiger partial charge < -0.3 is 9.84 Å². The third kappa shape index (κ3) is 2.13. The monoisotopic (exact) mass is 225 g/mol. The normalized spacial score (nSPS) is 38.8. The first-order chi connectivity index (χ1) is 7.76. The van der Waals surface area contributed by atoms with E-state index in [0.29, 0.717) is 6.10 Å². The molecule has 1 unspecified atom stereocenters. The third-order valence-electron chi connectivity index (χ3n) is 4.56. The van der Waals surface area contributed by atoms with Gasteiger partial charge in [0.05, 0.1) is 17.8 Å². The molecule has 16 heavy (non-hydrogen) atoms. The van der Waals surface area contributed by atoms with E-state index in [1.54, 1.807) is 0 Å². The molecule has 1 N–H and O–H groups in total. The molecule has 3 aliphatic rings. The molecule has 2 atom stereocenters. The summed E-state index contributed by atoms with van der Waals surface area (Å²) in [4.78, 5) is 2.36. The van der Waals surface area contributed by atoms with Crippen molar-refractivity contribution in [1.29, 1.82) is 0 Å². The Hall–Kier alpha value is -0.120. The van der Waals surface area contributed by atoms with Crippen molar-refractivity contribution in [2.24, 2.45) is 0 Å². The van der Waals surface area contributed by atoms with Crippen LogP contribution in [0.1, 0.15) is 44.9 Å². The lowest BCUT2D eigenvalue weighted by atomic mass is 9.98. The SMILES string of the molecule is O[C@@H]1CCN(CC2CCC3(CCCC3)O2)C1. The maximum atomic E-state index is 9.50. The predicted octanol–water partition coefficient (Wildman–Crippen LogP) is 1.54. The highest BCUT2D eigenvalue weighted by atomic mass is 16.5. The summed E-state index contributed by atoms with van der Waals surface area (Å²) in [6, 6.07) is 0. The molecule has 1 aliphatic carbocycles. The molecular formula is C13H23NO2. The Labute approximate surface area is 97.8 Å². The fourth-order valence-corrected chi connectivity index (χ4v) is 3.68. The van der Waals surface area contributed by atoms with Crippen molar-refractivity contribution in [1.82, 2.24) is 4.90 Å². The van der Waals surface area contributed by atoms with Crippen LogP contribution in [0.25, 0.3) is 0 Å². The van der Waals surface area contributed by atoms with Crippen LogP contribution in [0.3, 0.4) is 0 Å². The molecule has 0 aromatic heterocycles. The Kier molecular flexibility index (Phi) is 2.94. The average molecular weight is 225 g/mol. The standard InChI is InChI=1S/C13H23NO2/c15-11-4-8-14(9-11)10-12-3-7-13(16-12)5-1-2-6-13/h11-12,15H,1-10H2/t11-,12?/m1/s1. The molecular weight excluding hydrogens is 202 g/mol. The zero-order chi connectivity index (χ0) is 11.0. The van der Waals surface area contributed by atoms with Gasteiger partial charge in [-0.2, -0.15) is 0 Å². The van der Waals surface area contributed by atoms with Crippen molar-refractivity contribution in [3.05, 3.63) is 0 Å². The summed E-state index contributed by atoms with van der Waals surface area (Å²) in [5.74, 6) is 0. The summed E-state index contributed by atoms with van der Waals surface area (Å²) in [5, 5.41) is 9.50. The van der Waals surface area contributed by atoms with Crippen LogP contribution in [0.15, 0.2) is 0 Å². The van der Waals surface area contributed by atoms with Crippen LogP contribution < -0.4 is 0 Å². The van der Waals surface area contributed by atoms with Crippen molar-refractivity contribution in [3.63, 3.8) is 0 Å². The Morgan fingerprint density at radius 2 is 2.00 bits per heavy atom. The van der Waals surface area contributed by atoms with Crippen molar-refractivity contribution in [2.75, 3.05) is 19.6 Å². The Morgan fingerprint density at radius 1 is 1.19 bits per heavy atom. The van der Waals surface area contributed by atoms with Crippen LogP contribution in [0.2, 0.25) is 0 Å². The molecule has 3 rings (SSSR count). The van der Waals surface area contributed by atoms with E-state index in [9.17, 15) is 5.11 Å². The summed E-state index contributed by atoms with van der Waals surface area (Å²) in [7, 11) is 0. The molecule has 1 spiro atoms. The number of hydrogen-bond donors (Lipinski definition) is 1. The highest BCUT2D eigenvalue weighted by Crippen LogP contribution is 2.43. The highest BCUT2D eigenvalue weighted by Gasteiger charge is 2.42. The van der Waals surface area contributed by atoms with Gasteiger partial charge in [0.1, 0.15) is 0 Å². The van der Waals surface area contributed by atoms with Gasteiger partial charge in [-0.05, 0) is 32.1 Å². The van der Waals surface area contributed by atoms with Crippen LogP contribution in [-0.4, -0.2) is 47.4 Å². The van der Waals surface area contributed by atoms with E-state index >= 15 is 0 Å². The number of aliphatic hydroxyl groups is 1. The van der Waals surface area contributed by atoms with Crippen molar-refractivity contribution in [3.8, 4) is 0 Å². The minimum Gasteiger partial charge on any atom is -0.392 e. The van der Waals surface area contributed by atoms with Crippen molar-refractivity contribution >= 4 is 0 Å². The highest BCUT2D eigenvalue weighted by molar-refractivity contribution is 4.94. The summed E-state index contributed by atoms with van der Waals surface area (Å²) < 4.78 is 6.28. The summed E-state index contributed by atoms with van der Waals surface area (Å²) >= 11 is 0. The lowest BCUT2D eigenvalue weighted by molar-refractivity contribution is -0.0460. The van der Waals surface area contributed by atoms with Gasteiger partial charge in [-0.25, -0.2) is 0 Å². The fourth-order valence-electron chi connectivity index (χ4n) is 3.68. The Balaban J connectivity index is 1.50. The Bertz CT molecular complexity index is 250. The molecule has 0 radical (unpaired) electrons. The van der Waals surface area contributed by atoms with Gasteiger partial charge in [0.2, 0.25) is 0 Å². The van der Waals surface area contributed by atoms with Crippen LogP contribution in [0.4, 0.5) is 0 Å². The molecule has 2 heterocycles. The molecule has 3 fully saturated rings. The number of likely N-dealkylation sites (tertiary alicyclic amines) is 1. The molecule has 3 nitrogen and oxygen atoms in total. The van der Waals surface area contributed by atoms with Crippen LogP contribution in [0.5, 0.6) is 0 Å². The lowest BCUT2D eigenvalue weighted by Gasteiger charge is -2.26. The summed E-state index contributed by atoms with van der Waals surface area (Å²) in [6.45, 7) is 2.94. The molecule has 0 amide bonds. The average Bonchev–Trinajstić information content (AvgIpc) is 2.94. The smallest absolute Gasteiger partial charge is 0.0710 e.